The van der Waals surface area contributed by atoms with Crippen LogP contribution in [0.2, 0.25) is 0 Å². The van der Waals surface area contributed by atoms with Crippen LogP contribution in [0, 0.1) is 19.3 Å². The quantitative estimate of drug-likeness (QED) is 0.621. The maximum absolute atomic E-state index is 12.0. The smallest absolute Gasteiger partial charge is 0.338 e. The van der Waals surface area contributed by atoms with Crippen LogP contribution in [0.5, 0.6) is 0 Å². The number of rotatable bonds is 4. The molecule has 0 aromatic heterocycles. The number of ether oxygens (including phenoxy) is 1. The zero-order chi connectivity index (χ0) is 16.4. The monoisotopic (exact) mass is 332 g/mol. The van der Waals surface area contributed by atoms with Gasteiger partial charge in [0.1, 0.15) is 0 Å². The van der Waals surface area contributed by atoms with E-state index in [1.54, 1.807) is 19.9 Å². The van der Waals surface area contributed by atoms with Gasteiger partial charge in [0.05, 0.1) is 17.1 Å². The standard InChI is InChI=1S/C15H21ClO4S/c1-10-8-12(9-13(11(10)2)21(16,18)19)14(17)20-7-6-15(3,4)5/h8-9H,6-7H2,1-5H3. The molecule has 0 aliphatic carbocycles. The second-order valence-electron chi connectivity index (χ2n) is 6.30. The van der Waals surface area contributed by atoms with Gasteiger partial charge in [0.2, 0.25) is 0 Å². The molecule has 0 N–H and O–H groups in total. The van der Waals surface area contributed by atoms with Crippen molar-refractivity contribution in [2.24, 2.45) is 5.41 Å². The molecule has 0 fully saturated rings. The van der Waals surface area contributed by atoms with E-state index >= 15 is 0 Å². The summed E-state index contributed by atoms with van der Waals surface area (Å²) in [6, 6.07) is 2.88. The van der Waals surface area contributed by atoms with E-state index < -0.39 is 15.0 Å². The number of esters is 1. The molecule has 0 heterocycles. The molecule has 1 rings (SSSR count). The zero-order valence-electron chi connectivity index (χ0n) is 13.0. The SMILES string of the molecule is Cc1cc(C(=O)OCCC(C)(C)C)cc(S(=O)(=O)Cl)c1C. The third-order valence-corrected chi connectivity index (χ3v) is 4.65. The van der Waals surface area contributed by atoms with Gasteiger partial charge in [-0.15, -0.1) is 0 Å². The molecule has 0 amide bonds. The van der Waals surface area contributed by atoms with Crippen molar-refractivity contribution in [3.63, 3.8) is 0 Å². The highest BCUT2D eigenvalue weighted by Gasteiger charge is 2.20. The van der Waals surface area contributed by atoms with Crippen molar-refractivity contribution < 1.29 is 17.9 Å². The van der Waals surface area contributed by atoms with E-state index in [9.17, 15) is 13.2 Å². The number of halogens is 1. The molecule has 0 aliphatic heterocycles. The van der Waals surface area contributed by atoms with Crippen molar-refractivity contribution >= 4 is 25.7 Å². The molecule has 0 spiro atoms. The number of hydrogen-bond donors (Lipinski definition) is 0. The molecule has 0 saturated carbocycles. The van der Waals surface area contributed by atoms with Gasteiger partial charge < -0.3 is 4.74 Å². The molecule has 0 radical (unpaired) electrons. The highest BCUT2D eigenvalue weighted by Crippen LogP contribution is 2.25. The van der Waals surface area contributed by atoms with Crippen LogP contribution < -0.4 is 0 Å². The van der Waals surface area contributed by atoms with Gasteiger partial charge >= 0.3 is 5.97 Å². The Labute approximate surface area is 130 Å². The summed E-state index contributed by atoms with van der Waals surface area (Å²) in [5.74, 6) is -0.538. The zero-order valence-corrected chi connectivity index (χ0v) is 14.6. The number of aryl methyl sites for hydroxylation is 1. The molecule has 118 valence electrons. The Morgan fingerprint density at radius 2 is 1.81 bits per heavy atom. The minimum atomic E-state index is -3.89. The summed E-state index contributed by atoms with van der Waals surface area (Å²) in [6.07, 6.45) is 0.726. The molecule has 0 atom stereocenters. The topological polar surface area (TPSA) is 60.4 Å². The fourth-order valence-corrected chi connectivity index (χ4v) is 3.01. The maximum atomic E-state index is 12.0. The van der Waals surface area contributed by atoms with Crippen LogP contribution in [-0.2, 0) is 13.8 Å². The Hall–Kier alpha value is -1.07. The summed E-state index contributed by atoms with van der Waals surface area (Å²) in [5, 5.41) is 0. The fraction of sp³-hybridized carbons (Fsp3) is 0.533. The van der Waals surface area contributed by atoms with E-state index in [-0.39, 0.29) is 22.5 Å². The molecular weight excluding hydrogens is 312 g/mol. The van der Waals surface area contributed by atoms with E-state index in [1.807, 2.05) is 0 Å². The lowest BCUT2D eigenvalue weighted by Gasteiger charge is -2.17. The normalized spacial score (nSPS) is 12.3. The summed E-state index contributed by atoms with van der Waals surface area (Å²) in [4.78, 5) is 12.0. The molecule has 4 nitrogen and oxygen atoms in total. The van der Waals surface area contributed by atoms with Gasteiger partial charge in [-0.2, -0.15) is 0 Å². The van der Waals surface area contributed by atoms with Crippen molar-refractivity contribution in [1.29, 1.82) is 0 Å². The Kier molecular flexibility index (Phi) is 5.45. The Balaban J connectivity index is 2.99. The van der Waals surface area contributed by atoms with Crippen LogP contribution in [0.15, 0.2) is 17.0 Å². The number of hydrogen-bond acceptors (Lipinski definition) is 4. The lowest BCUT2D eigenvalue weighted by atomic mass is 9.93. The van der Waals surface area contributed by atoms with Gasteiger partial charge in [-0.1, -0.05) is 20.8 Å². The minimum Gasteiger partial charge on any atom is -0.462 e. The average molecular weight is 333 g/mol. The largest absolute Gasteiger partial charge is 0.462 e. The molecule has 1 aromatic rings. The van der Waals surface area contributed by atoms with Crippen molar-refractivity contribution in [2.75, 3.05) is 6.61 Å². The predicted octanol–water partition coefficient (Wildman–Crippen LogP) is 3.82. The van der Waals surface area contributed by atoms with E-state index in [2.05, 4.69) is 20.8 Å². The predicted molar refractivity (Wildman–Crippen MR) is 83.3 cm³/mol. The van der Waals surface area contributed by atoms with Crippen molar-refractivity contribution in [1.82, 2.24) is 0 Å². The summed E-state index contributed by atoms with van der Waals surface area (Å²) in [7, 11) is 1.51. The number of carbonyl (C=O) groups is 1. The van der Waals surface area contributed by atoms with Crippen LogP contribution in [0.3, 0.4) is 0 Å². The first kappa shape index (κ1) is 18.0. The van der Waals surface area contributed by atoms with Gasteiger partial charge in [-0.25, -0.2) is 13.2 Å². The average Bonchev–Trinajstić information content (AvgIpc) is 2.29. The molecule has 0 unspecified atom stereocenters. The van der Waals surface area contributed by atoms with Crippen LogP contribution >= 0.6 is 10.7 Å². The van der Waals surface area contributed by atoms with Crippen molar-refractivity contribution in [3.8, 4) is 0 Å². The summed E-state index contributed by atoms with van der Waals surface area (Å²) in [5.41, 5.74) is 1.48. The number of carbonyl (C=O) groups excluding carboxylic acids is 1. The first-order valence-electron chi connectivity index (χ1n) is 6.65. The molecule has 0 aliphatic rings. The van der Waals surface area contributed by atoms with Gasteiger partial charge in [-0.05, 0) is 48.9 Å². The molecule has 0 bridgehead atoms. The Bertz CT molecular complexity index is 642. The lowest BCUT2D eigenvalue weighted by Crippen LogP contribution is -2.14. The first-order valence-corrected chi connectivity index (χ1v) is 8.96. The lowest BCUT2D eigenvalue weighted by molar-refractivity contribution is 0.0464. The molecular formula is C15H21ClO4S. The molecule has 6 heteroatoms. The highest BCUT2D eigenvalue weighted by atomic mass is 35.7. The van der Waals surface area contributed by atoms with Crippen LogP contribution in [0.4, 0.5) is 0 Å². The Morgan fingerprint density at radius 1 is 1.24 bits per heavy atom. The first-order chi connectivity index (χ1) is 9.42. The number of benzene rings is 1. The van der Waals surface area contributed by atoms with Gasteiger partial charge in [0, 0.05) is 10.7 Å². The van der Waals surface area contributed by atoms with Crippen molar-refractivity contribution in [3.05, 3.63) is 28.8 Å². The summed E-state index contributed by atoms with van der Waals surface area (Å²) >= 11 is 0. The Morgan fingerprint density at radius 3 is 2.29 bits per heavy atom. The second-order valence-corrected chi connectivity index (χ2v) is 8.84. The van der Waals surface area contributed by atoms with E-state index in [4.69, 9.17) is 15.4 Å². The summed E-state index contributed by atoms with van der Waals surface area (Å²) in [6.45, 7) is 9.82. The molecule has 0 saturated heterocycles. The second kappa shape index (κ2) is 6.36. The van der Waals surface area contributed by atoms with Crippen molar-refractivity contribution in [2.45, 2.75) is 45.9 Å². The maximum Gasteiger partial charge on any atom is 0.338 e. The van der Waals surface area contributed by atoms with E-state index in [1.165, 1.54) is 6.07 Å². The van der Waals surface area contributed by atoms with Crippen LogP contribution in [-0.4, -0.2) is 21.0 Å². The van der Waals surface area contributed by atoms with Crippen LogP contribution in [0.25, 0.3) is 0 Å². The van der Waals surface area contributed by atoms with Crippen LogP contribution in [0.1, 0.15) is 48.7 Å². The minimum absolute atomic E-state index is 0.0491. The third-order valence-electron chi connectivity index (χ3n) is 3.20. The van der Waals surface area contributed by atoms with Gasteiger partial charge in [0.25, 0.3) is 9.05 Å². The molecule has 1 aromatic carbocycles. The van der Waals surface area contributed by atoms with Gasteiger partial charge in [-0.3, -0.25) is 0 Å². The third kappa shape index (κ3) is 5.32. The summed E-state index contributed by atoms with van der Waals surface area (Å²) < 4.78 is 28.3. The fourth-order valence-electron chi connectivity index (χ4n) is 1.73. The molecule has 21 heavy (non-hydrogen) atoms. The van der Waals surface area contributed by atoms with Gasteiger partial charge in [0.15, 0.2) is 0 Å². The van der Waals surface area contributed by atoms with E-state index in [0.29, 0.717) is 11.1 Å². The van der Waals surface area contributed by atoms with E-state index in [0.717, 1.165) is 6.42 Å². The highest BCUT2D eigenvalue weighted by molar-refractivity contribution is 8.13.